The molecule has 0 spiro atoms. The van der Waals surface area contributed by atoms with E-state index in [0.29, 0.717) is 13.0 Å². The zero-order valence-electron chi connectivity index (χ0n) is 18.1. The van der Waals surface area contributed by atoms with Crippen LogP contribution in [0.3, 0.4) is 0 Å². The van der Waals surface area contributed by atoms with Gasteiger partial charge < -0.3 is 15.0 Å². The number of aryl methyl sites for hydroxylation is 2. The fourth-order valence-corrected chi connectivity index (χ4v) is 4.28. The zero-order chi connectivity index (χ0) is 23.4. The topological polar surface area (TPSA) is 108 Å². The van der Waals surface area contributed by atoms with Crippen molar-refractivity contribution in [1.82, 2.24) is 9.88 Å². The SMILES string of the molecule is CC(=O)C1=C(O)C(=O)N(CCc2c[nH]c3ccccc23)C1c1ccc(C)cc1C.O=C=O. The summed E-state index contributed by atoms with van der Waals surface area (Å²) in [6.07, 6.45) is 2.83. The summed E-state index contributed by atoms with van der Waals surface area (Å²) in [5.41, 5.74) is 5.31. The van der Waals surface area contributed by atoms with Crippen LogP contribution in [0.4, 0.5) is 0 Å². The van der Waals surface area contributed by atoms with E-state index >= 15 is 0 Å². The highest BCUT2D eigenvalue weighted by Crippen LogP contribution is 2.39. The molecule has 2 heterocycles. The van der Waals surface area contributed by atoms with Gasteiger partial charge in [-0.2, -0.15) is 9.59 Å². The van der Waals surface area contributed by atoms with Gasteiger partial charge in [0.1, 0.15) is 0 Å². The maximum Gasteiger partial charge on any atom is 0.373 e. The Kier molecular flexibility index (Phi) is 6.71. The Bertz CT molecular complexity index is 1250. The molecule has 1 aliphatic heterocycles. The van der Waals surface area contributed by atoms with Crippen LogP contribution < -0.4 is 0 Å². The molecule has 32 heavy (non-hydrogen) atoms. The molecule has 2 aromatic carbocycles. The number of aliphatic hydroxyl groups excluding tert-OH is 1. The first-order valence-electron chi connectivity index (χ1n) is 10.2. The van der Waals surface area contributed by atoms with Gasteiger partial charge in [0.05, 0.1) is 11.6 Å². The number of carbonyl (C=O) groups excluding carboxylic acids is 4. The predicted octanol–water partition coefficient (Wildman–Crippen LogP) is 3.73. The minimum atomic E-state index is -0.564. The molecule has 1 atom stereocenters. The quantitative estimate of drug-likeness (QED) is 0.639. The number of para-hydroxylation sites is 1. The molecule has 0 fully saturated rings. The first-order chi connectivity index (χ1) is 15.3. The zero-order valence-corrected chi connectivity index (χ0v) is 18.1. The summed E-state index contributed by atoms with van der Waals surface area (Å²) < 4.78 is 0. The van der Waals surface area contributed by atoms with Crippen LogP contribution in [0.25, 0.3) is 10.9 Å². The lowest BCUT2D eigenvalue weighted by atomic mass is 9.92. The molecule has 3 aromatic rings. The Morgan fingerprint density at radius 1 is 1.16 bits per heavy atom. The average molecular weight is 432 g/mol. The molecule has 1 amide bonds. The third kappa shape index (κ3) is 4.24. The Balaban J connectivity index is 0.000000913. The van der Waals surface area contributed by atoms with Crippen molar-refractivity contribution in [3.8, 4) is 0 Å². The van der Waals surface area contributed by atoms with Crippen molar-refractivity contribution in [3.05, 3.63) is 82.2 Å². The van der Waals surface area contributed by atoms with E-state index in [4.69, 9.17) is 9.59 Å². The number of rotatable bonds is 5. The van der Waals surface area contributed by atoms with Gasteiger partial charge in [0.2, 0.25) is 0 Å². The van der Waals surface area contributed by atoms with Crippen molar-refractivity contribution in [2.75, 3.05) is 6.54 Å². The van der Waals surface area contributed by atoms with Gasteiger partial charge in [0, 0.05) is 23.6 Å². The maximum absolute atomic E-state index is 12.9. The van der Waals surface area contributed by atoms with E-state index in [-0.39, 0.29) is 17.5 Å². The van der Waals surface area contributed by atoms with Crippen LogP contribution in [0.15, 0.2) is 60.0 Å². The molecule has 0 radical (unpaired) electrons. The van der Waals surface area contributed by atoms with Crippen molar-refractivity contribution >= 4 is 28.7 Å². The number of benzene rings is 2. The number of nitrogens with one attached hydrogen (secondary N) is 1. The summed E-state index contributed by atoms with van der Waals surface area (Å²) in [5, 5.41) is 11.6. The molecule has 0 saturated heterocycles. The number of aliphatic hydroxyl groups is 1. The number of fused-ring (bicyclic) bond motifs is 1. The largest absolute Gasteiger partial charge is 0.503 e. The number of ketones is 1. The molecule has 1 aliphatic rings. The Labute approximate surface area is 185 Å². The number of aromatic amines is 1. The summed E-state index contributed by atoms with van der Waals surface area (Å²) in [6, 6.07) is 13.4. The monoisotopic (exact) mass is 432 g/mol. The highest BCUT2D eigenvalue weighted by atomic mass is 16.3. The number of nitrogens with zero attached hydrogens (tertiary/aromatic N) is 1. The third-order valence-corrected chi connectivity index (χ3v) is 5.70. The number of hydrogen-bond donors (Lipinski definition) is 2. The number of H-pyrrole nitrogens is 1. The number of aromatic nitrogens is 1. The van der Waals surface area contributed by atoms with Crippen LogP contribution >= 0.6 is 0 Å². The smallest absolute Gasteiger partial charge is 0.373 e. The minimum absolute atomic E-state index is 0.181. The summed E-state index contributed by atoms with van der Waals surface area (Å²) in [6.45, 7) is 5.78. The van der Waals surface area contributed by atoms with Gasteiger partial charge in [-0.3, -0.25) is 9.59 Å². The van der Waals surface area contributed by atoms with Crippen molar-refractivity contribution in [2.24, 2.45) is 0 Å². The van der Waals surface area contributed by atoms with Gasteiger partial charge >= 0.3 is 6.15 Å². The van der Waals surface area contributed by atoms with E-state index in [1.54, 1.807) is 4.90 Å². The predicted molar refractivity (Wildman–Crippen MR) is 118 cm³/mol. The van der Waals surface area contributed by atoms with Gasteiger partial charge in [0.15, 0.2) is 11.5 Å². The van der Waals surface area contributed by atoms with Crippen LogP contribution in [0.5, 0.6) is 0 Å². The van der Waals surface area contributed by atoms with Gasteiger partial charge in [0.25, 0.3) is 5.91 Å². The first kappa shape index (κ1) is 22.7. The second kappa shape index (κ2) is 9.45. The van der Waals surface area contributed by atoms with Crippen LogP contribution in [0.2, 0.25) is 0 Å². The van der Waals surface area contributed by atoms with Crippen molar-refractivity contribution < 1.29 is 24.3 Å². The molecular formula is C25H24N2O5. The molecule has 7 heteroatoms. The van der Waals surface area contributed by atoms with E-state index in [1.807, 2.05) is 62.5 Å². The average Bonchev–Trinajstić information content (AvgIpc) is 3.26. The standard InChI is InChI=1S/C24H24N2O3.CO2/c1-14-8-9-18(15(2)12-14)22-21(16(3)27)23(28)24(29)26(22)11-10-17-13-25-20-7-5-4-6-19(17)20;2-1-3/h4-9,12-13,22,25,28H,10-11H2,1-3H3;. The minimum Gasteiger partial charge on any atom is -0.503 e. The fourth-order valence-electron chi connectivity index (χ4n) is 4.28. The first-order valence-corrected chi connectivity index (χ1v) is 10.2. The number of hydrogen-bond acceptors (Lipinski definition) is 5. The van der Waals surface area contributed by atoms with E-state index in [0.717, 1.165) is 33.2 Å². The van der Waals surface area contributed by atoms with Crippen LogP contribution in [0.1, 0.15) is 35.2 Å². The van der Waals surface area contributed by atoms with Crippen molar-refractivity contribution in [2.45, 2.75) is 33.2 Å². The van der Waals surface area contributed by atoms with Gasteiger partial charge in [-0.25, -0.2) is 0 Å². The third-order valence-electron chi connectivity index (χ3n) is 5.70. The van der Waals surface area contributed by atoms with E-state index in [9.17, 15) is 14.7 Å². The highest BCUT2D eigenvalue weighted by Gasteiger charge is 2.42. The Morgan fingerprint density at radius 3 is 2.50 bits per heavy atom. The Hall–Kier alpha value is -3.96. The van der Waals surface area contributed by atoms with Crippen molar-refractivity contribution in [3.63, 3.8) is 0 Å². The van der Waals surface area contributed by atoms with Crippen LogP contribution in [-0.2, 0) is 25.6 Å². The molecule has 1 unspecified atom stereocenters. The van der Waals surface area contributed by atoms with Crippen molar-refractivity contribution in [1.29, 1.82) is 0 Å². The van der Waals surface area contributed by atoms with Crippen LogP contribution in [-0.4, -0.2) is 39.4 Å². The molecule has 0 aliphatic carbocycles. The lowest BCUT2D eigenvalue weighted by Gasteiger charge is -2.28. The fraction of sp³-hybridized carbons (Fsp3) is 0.240. The maximum atomic E-state index is 12.9. The normalized spacial score (nSPS) is 15.5. The number of Topliss-reactive ketones (excluding diaryl/α,β-unsaturated/α-hetero) is 1. The summed E-state index contributed by atoms with van der Waals surface area (Å²) in [5.74, 6) is -1.20. The molecule has 1 aromatic heterocycles. The number of carbonyl (C=O) groups is 2. The van der Waals surface area contributed by atoms with Gasteiger partial charge in [-0.05, 0) is 49.9 Å². The molecule has 0 saturated carbocycles. The highest BCUT2D eigenvalue weighted by molar-refractivity contribution is 6.08. The number of amides is 1. The molecular weight excluding hydrogens is 408 g/mol. The lowest BCUT2D eigenvalue weighted by molar-refractivity contribution is -0.191. The summed E-state index contributed by atoms with van der Waals surface area (Å²) in [7, 11) is 0. The van der Waals surface area contributed by atoms with E-state index in [2.05, 4.69) is 4.98 Å². The second-order valence-electron chi connectivity index (χ2n) is 7.77. The molecule has 7 nitrogen and oxygen atoms in total. The molecule has 0 bridgehead atoms. The van der Waals surface area contributed by atoms with E-state index in [1.165, 1.54) is 6.92 Å². The summed E-state index contributed by atoms with van der Waals surface area (Å²) >= 11 is 0. The molecule has 4 rings (SSSR count). The van der Waals surface area contributed by atoms with Crippen LogP contribution in [0, 0.1) is 13.8 Å². The van der Waals surface area contributed by atoms with E-state index < -0.39 is 17.7 Å². The Morgan fingerprint density at radius 2 is 1.84 bits per heavy atom. The second-order valence-corrected chi connectivity index (χ2v) is 7.77. The van der Waals surface area contributed by atoms with Gasteiger partial charge in [-0.15, -0.1) is 0 Å². The van der Waals surface area contributed by atoms with Gasteiger partial charge in [-0.1, -0.05) is 42.0 Å². The molecule has 2 N–H and O–H groups in total. The summed E-state index contributed by atoms with van der Waals surface area (Å²) in [4.78, 5) is 46.3. The lowest BCUT2D eigenvalue weighted by Crippen LogP contribution is -2.33. The molecule has 164 valence electrons.